The van der Waals surface area contributed by atoms with Crippen molar-refractivity contribution in [2.45, 2.75) is 33.2 Å². The van der Waals surface area contributed by atoms with Crippen LogP contribution in [0.4, 0.5) is 12.7 Å². The van der Waals surface area contributed by atoms with Gasteiger partial charge in [0, 0.05) is 6.04 Å². The summed E-state index contributed by atoms with van der Waals surface area (Å²) in [6.07, 6.45) is 0.288. The van der Waals surface area contributed by atoms with Crippen molar-refractivity contribution in [2.75, 3.05) is 0 Å². The summed E-state index contributed by atoms with van der Waals surface area (Å²) in [6, 6.07) is -0.438. The average Bonchev–Trinajstić information content (AvgIpc) is 1.83. The summed E-state index contributed by atoms with van der Waals surface area (Å²) < 4.78 is 38.2. The van der Waals surface area contributed by atoms with Crippen molar-refractivity contribution in [3.63, 3.8) is 0 Å². The van der Waals surface area contributed by atoms with Crippen LogP contribution in [-0.2, 0) is 4.63 Å². The molecular weight excluding hydrogens is 173 g/mol. The minimum atomic E-state index is -4.95. The van der Waals surface area contributed by atoms with Crippen LogP contribution in [0.3, 0.4) is 0 Å². The topological polar surface area (TPSA) is 9.23 Å². The standard InChI is InChI=1S/C6H13F3OSi/c1-6(2,3)4-5-11(8,9)10-7/h4-5H2,1-3H3. The Morgan fingerprint density at radius 1 is 1.27 bits per heavy atom. The van der Waals surface area contributed by atoms with Crippen LogP contribution >= 0.6 is 0 Å². The fraction of sp³-hybridized carbons (Fsp3) is 1.00. The smallest absolute Gasteiger partial charge is 0.239 e. The van der Waals surface area contributed by atoms with Gasteiger partial charge in [-0.1, -0.05) is 25.3 Å². The van der Waals surface area contributed by atoms with Crippen molar-refractivity contribution in [3.05, 3.63) is 0 Å². The first-order valence-corrected chi connectivity index (χ1v) is 5.31. The predicted molar refractivity (Wildman–Crippen MR) is 39.0 cm³/mol. The predicted octanol–water partition coefficient (Wildman–Crippen LogP) is 3.20. The second kappa shape index (κ2) is 3.58. The first-order valence-electron chi connectivity index (χ1n) is 3.44. The maximum absolute atomic E-state index is 12.2. The third-order valence-corrected chi connectivity index (χ3v) is 2.34. The molecule has 0 unspecified atom stereocenters. The van der Waals surface area contributed by atoms with Crippen LogP contribution < -0.4 is 0 Å². The lowest BCUT2D eigenvalue weighted by atomic mass is 9.94. The number of hydrogen-bond donors (Lipinski definition) is 0. The van der Waals surface area contributed by atoms with Gasteiger partial charge in [-0.3, -0.25) is 0 Å². The monoisotopic (exact) mass is 186 g/mol. The summed E-state index contributed by atoms with van der Waals surface area (Å²) in [6.45, 7) is 5.49. The molecule has 0 aromatic heterocycles. The van der Waals surface area contributed by atoms with Crippen molar-refractivity contribution in [3.8, 4) is 0 Å². The molecule has 0 aliphatic carbocycles. The van der Waals surface area contributed by atoms with Crippen LogP contribution in [0.25, 0.3) is 0 Å². The van der Waals surface area contributed by atoms with Crippen molar-refractivity contribution >= 4 is 8.99 Å². The Kier molecular flexibility index (Phi) is 3.57. The van der Waals surface area contributed by atoms with E-state index in [1.54, 1.807) is 0 Å². The first kappa shape index (κ1) is 11.0. The Morgan fingerprint density at radius 3 is 2.00 bits per heavy atom. The van der Waals surface area contributed by atoms with Crippen molar-refractivity contribution in [1.29, 1.82) is 0 Å². The van der Waals surface area contributed by atoms with Gasteiger partial charge in [0.1, 0.15) is 0 Å². The van der Waals surface area contributed by atoms with Crippen molar-refractivity contribution in [1.82, 2.24) is 0 Å². The molecule has 0 bridgehead atoms. The van der Waals surface area contributed by atoms with Crippen LogP contribution in [0.1, 0.15) is 27.2 Å². The fourth-order valence-corrected chi connectivity index (χ4v) is 1.68. The minimum absolute atomic E-state index is 0.186. The Balaban J connectivity index is 3.70. The van der Waals surface area contributed by atoms with E-state index in [-0.39, 0.29) is 11.8 Å². The summed E-state index contributed by atoms with van der Waals surface area (Å²) in [5.41, 5.74) is -0.186. The highest BCUT2D eigenvalue weighted by Gasteiger charge is 2.40. The zero-order valence-electron chi connectivity index (χ0n) is 6.96. The maximum atomic E-state index is 12.2. The lowest BCUT2D eigenvalue weighted by Gasteiger charge is -2.18. The molecule has 0 aromatic carbocycles. The Hall–Kier alpha value is -0.0331. The second-order valence-electron chi connectivity index (χ2n) is 3.78. The molecule has 0 saturated carbocycles. The zero-order valence-corrected chi connectivity index (χ0v) is 7.96. The van der Waals surface area contributed by atoms with Gasteiger partial charge in [-0.2, -0.15) is 4.63 Å². The van der Waals surface area contributed by atoms with E-state index in [0.29, 0.717) is 0 Å². The van der Waals surface area contributed by atoms with Gasteiger partial charge in [0.2, 0.25) is 0 Å². The quantitative estimate of drug-likeness (QED) is 0.486. The molecule has 0 amide bonds. The molecule has 0 spiro atoms. The summed E-state index contributed by atoms with van der Waals surface area (Å²) in [7, 11) is -4.95. The van der Waals surface area contributed by atoms with E-state index in [1.165, 1.54) is 0 Å². The summed E-state index contributed by atoms with van der Waals surface area (Å²) in [5.74, 6) is 0. The molecule has 5 heteroatoms. The summed E-state index contributed by atoms with van der Waals surface area (Å²) in [5, 5.41) is 0. The van der Waals surface area contributed by atoms with E-state index in [0.717, 1.165) is 0 Å². The van der Waals surface area contributed by atoms with Gasteiger partial charge in [-0.05, 0) is 11.8 Å². The molecule has 0 saturated heterocycles. The van der Waals surface area contributed by atoms with Crippen molar-refractivity contribution in [2.24, 2.45) is 5.41 Å². The molecular formula is C6H13F3OSi. The Labute approximate surface area is 65.9 Å². The molecule has 0 N–H and O–H groups in total. The normalized spacial score (nSPS) is 13.6. The van der Waals surface area contributed by atoms with E-state index < -0.39 is 15.0 Å². The molecule has 0 heterocycles. The van der Waals surface area contributed by atoms with E-state index in [1.807, 2.05) is 20.8 Å². The highest BCUT2D eigenvalue weighted by atomic mass is 28.4. The highest BCUT2D eigenvalue weighted by molar-refractivity contribution is 6.58. The lowest BCUT2D eigenvalue weighted by molar-refractivity contribution is -0.0521. The fourth-order valence-electron chi connectivity index (χ4n) is 0.559. The van der Waals surface area contributed by atoms with Crippen LogP contribution in [0.5, 0.6) is 0 Å². The number of rotatable bonds is 3. The van der Waals surface area contributed by atoms with E-state index in [9.17, 15) is 12.7 Å². The molecule has 0 fully saturated rings. The van der Waals surface area contributed by atoms with Crippen LogP contribution in [0.15, 0.2) is 0 Å². The van der Waals surface area contributed by atoms with Gasteiger partial charge in [-0.15, -0.1) is 0 Å². The Morgan fingerprint density at radius 2 is 1.73 bits per heavy atom. The maximum Gasteiger partial charge on any atom is 0.610 e. The molecule has 0 aliphatic rings. The van der Waals surface area contributed by atoms with Crippen LogP contribution in [-0.4, -0.2) is 8.99 Å². The summed E-state index contributed by atoms with van der Waals surface area (Å²) in [4.78, 5) is 0. The minimum Gasteiger partial charge on any atom is -0.239 e. The third-order valence-electron chi connectivity index (χ3n) is 1.28. The average molecular weight is 186 g/mol. The molecule has 68 valence electrons. The third kappa shape index (κ3) is 6.37. The van der Waals surface area contributed by atoms with E-state index in [4.69, 9.17) is 0 Å². The lowest BCUT2D eigenvalue weighted by Crippen LogP contribution is -2.25. The first-order chi connectivity index (χ1) is 4.77. The van der Waals surface area contributed by atoms with Gasteiger partial charge in [0.05, 0.1) is 0 Å². The molecule has 0 radical (unpaired) electrons. The van der Waals surface area contributed by atoms with Gasteiger partial charge in [-0.25, -0.2) is 8.22 Å². The van der Waals surface area contributed by atoms with Crippen LogP contribution in [0.2, 0.25) is 6.04 Å². The SMILES string of the molecule is CC(C)(C)CC[Si](F)(F)OF. The second-order valence-corrected chi connectivity index (χ2v) is 5.70. The van der Waals surface area contributed by atoms with Gasteiger partial charge in [0.25, 0.3) is 0 Å². The molecule has 11 heavy (non-hydrogen) atoms. The van der Waals surface area contributed by atoms with Gasteiger partial charge in [0.15, 0.2) is 0 Å². The molecule has 1 nitrogen and oxygen atoms in total. The molecule has 0 rings (SSSR count). The van der Waals surface area contributed by atoms with Gasteiger partial charge < -0.3 is 0 Å². The van der Waals surface area contributed by atoms with E-state index >= 15 is 0 Å². The molecule has 0 atom stereocenters. The zero-order chi connectivity index (χ0) is 9.12. The van der Waals surface area contributed by atoms with E-state index in [2.05, 4.69) is 4.63 Å². The molecule has 0 aromatic rings. The summed E-state index contributed by atoms with van der Waals surface area (Å²) >= 11 is 0. The van der Waals surface area contributed by atoms with Gasteiger partial charge >= 0.3 is 8.99 Å². The molecule has 0 aliphatic heterocycles. The number of halogens is 3. The Bertz CT molecular complexity index is 121. The number of hydrogen-bond acceptors (Lipinski definition) is 1. The van der Waals surface area contributed by atoms with Crippen LogP contribution in [0, 0.1) is 5.41 Å². The highest BCUT2D eigenvalue weighted by Crippen LogP contribution is 2.27. The van der Waals surface area contributed by atoms with Crippen molar-refractivity contribution < 1.29 is 17.4 Å². The largest absolute Gasteiger partial charge is 0.610 e.